The number of thioether (sulfide) groups is 1. The van der Waals surface area contributed by atoms with Gasteiger partial charge in [0.15, 0.2) is 5.16 Å². The fourth-order valence-corrected chi connectivity index (χ4v) is 3.06. The van der Waals surface area contributed by atoms with E-state index >= 15 is 0 Å². The number of hydrogen-bond donors (Lipinski definition) is 0. The standard InChI is InChI=1S/C10H11ClN2O3S/c1-2-16-9(15)3-6-5-17-10-12-7(11)4-8(14)13(6)10/h4,6H,2-3,5H2,1H3. The Morgan fingerprint density at radius 2 is 2.53 bits per heavy atom. The van der Waals surface area contributed by atoms with Gasteiger partial charge < -0.3 is 4.74 Å². The monoisotopic (exact) mass is 274 g/mol. The van der Waals surface area contributed by atoms with Gasteiger partial charge in [0.05, 0.1) is 19.1 Å². The van der Waals surface area contributed by atoms with Gasteiger partial charge in [-0.25, -0.2) is 4.98 Å². The first-order valence-corrected chi connectivity index (χ1v) is 6.55. The summed E-state index contributed by atoms with van der Waals surface area (Å²) in [6.45, 7) is 2.10. The second-order valence-electron chi connectivity index (χ2n) is 3.54. The predicted molar refractivity (Wildman–Crippen MR) is 64.5 cm³/mol. The normalized spacial score (nSPS) is 17.9. The molecule has 0 saturated heterocycles. The molecule has 0 amide bonds. The van der Waals surface area contributed by atoms with Crippen molar-refractivity contribution >= 4 is 29.3 Å². The molecule has 2 heterocycles. The number of esters is 1. The number of aromatic nitrogens is 2. The van der Waals surface area contributed by atoms with Gasteiger partial charge in [-0.2, -0.15) is 0 Å². The second-order valence-corrected chi connectivity index (χ2v) is 4.92. The number of nitrogens with zero attached hydrogens (tertiary/aromatic N) is 2. The first-order valence-electron chi connectivity index (χ1n) is 5.19. The molecular formula is C10H11ClN2O3S. The second kappa shape index (κ2) is 5.10. The highest BCUT2D eigenvalue weighted by Crippen LogP contribution is 2.32. The molecule has 0 bridgehead atoms. The first kappa shape index (κ1) is 12.4. The number of ether oxygens (including phenoxy) is 1. The summed E-state index contributed by atoms with van der Waals surface area (Å²) in [5.74, 6) is 0.342. The maximum atomic E-state index is 11.8. The minimum absolute atomic E-state index is 0.186. The number of fused-ring (bicyclic) bond motifs is 1. The summed E-state index contributed by atoms with van der Waals surface area (Å²) in [7, 11) is 0. The minimum atomic E-state index is -0.298. The largest absolute Gasteiger partial charge is 0.466 e. The van der Waals surface area contributed by atoms with Crippen molar-refractivity contribution in [2.24, 2.45) is 0 Å². The fourth-order valence-electron chi connectivity index (χ4n) is 1.69. The zero-order chi connectivity index (χ0) is 12.4. The molecule has 0 N–H and O–H groups in total. The molecule has 17 heavy (non-hydrogen) atoms. The third-order valence-corrected chi connectivity index (χ3v) is 3.66. The average Bonchev–Trinajstić information content (AvgIpc) is 2.61. The number of carbonyl (C=O) groups excluding carboxylic acids is 1. The van der Waals surface area contributed by atoms with Gasteiger partial charge in [0.1, 0.15) is 5.15 Å². The van der Waals surface area contributed by atoms with E-state index in [0.29, 0.717) is 17.5 Å². The van der Waals surface area contributed by atoms with Crippen LogP contribution in [0.4, 0.5) is 0 Å². The van der Waals surface area contributed by atoms with Crippen LogP contribution in [0.15, 0.2) is 16.0 Å². The molecule has 0 aromatic carbocycles. The molecule has 0 aliphatic carbocycles. The number of hydrogen-bond acceptors (Lipinski definition) is 5. The Bertz CT molecular complexity index is 503. The number of carbonyl (C=O) groups is 1. The summed E-state index contributed by atoms with van der Waals surface area (Å²) in [6, 6.07) is 1.07. The van der Waals surface area contributed by atoms with E-state index in [4.69, 9.17) is 16.3 Å². The van der Waals surface area contributed by atoms with Gasteiger partial charge in [0.25, 0.3) is 5.56 Å². The molecule has 1 aromatic rings. The molecule has 0 radical (unpaired) electrons. The zero-order valence-electron chi connectivity index (χ0n) is 9.18. The van der Waals surface area contributed by atoms with Gasteiger partial charge in [-0.05, 0) is 6.92 Å². The summed E-state index contributed by atoms with van der Waals surface area (Å²) in [5, 5.41) is 0.752. The quantitative estimate of drug-likeness (QED) is 0.475. The molecule has 1 aliphatic heterocycles. The molecule has 2 rings (SSSR count). The van der Waals surface area contributed by atoms with Gasteiger partial charge in [-0.3, -0.25) is 14.2 Å². The third kappa shape index (κ3) is 2.63. The van der Waals surface area contributed by atoms with Crippen molar-refractivity contribution in [3.05, 3.63) is 21.6 Å². The number of rotatable bonds is 3. The summed E-state index contributed by atoms with van der Waals surface area (Å²) < 4.78 is 6.38. The summed E-state index contributed by atoms with van der Waals surface area (Å²) in [4.78, 5) is 27.2. The van der Waals surface area contributed by atoms with E-state index in [1.54, 1.807) is 6.92 Å². The lowest BCUT2D eigenvalue weighted by Gasteiger charge is -2.11. The van der Waals surface area contributed by atoms with E-state index < -0.39 is 0 Å². The van der Waals surface area contributed by atoms with Gasteiger partial charge in [-0.1, -0.05) is 23.4 Å². The van der Waals surface area contributed by atoms with E-state index in [0.717, 1.165) is 0 Å². The lowest BCUT2D eigenvalue weighted by Crippen LogP contribution is -2.25. The van der Waals surface area contributed by atoms with Crippen LogP contribution in [0.25, 0.3) is 0 Å². The van der Waals surface area contributed by atoms with E-state index in [-0.39, 0.29) is 29.1 Å². The Morgan fingerprint density at radius 1 is 1.76 bits per heavy atom. The zero-order valence-corrected chi connectivity index (χ0v) is 10.8. The fraction of sp³-hybridized carbons (Fsp3) is 0.500. The molecule has 0 spiro atoms. The molecule has 92 valence electrons. The molecule has 0 saturated carbocycles. The van der Waals surface area contributed by atoms with Crippen molar-refractivity contribution in [1.82, 2.24) is 9.55 Å². The maximum Gasteiger partial charge on any atom is 0.307 e. The highest BCUT2D eigenvalue weighted by atomic mass is 35.5. The van der Waals surface area contributed by atoms with E-state index in [1.165, 1.54) is 22.4 Å². The van der Waals surface area contributed by atoms with Gasteiger partial charge in [0.2, 0.25) is 0 Å². The Kier molecular flexibility index (Phi) is 3.73. The first-order chi connectivity index (χ1) is 8.11. The average molecular weight is 275 g/mol. The molecule has 1 atom stereocenters. The Labute approximate surface area is 107 Å². The third-order valence-electron chi connectivity index (χ3n) is 2.37. The molecule has 7 heteroatoms. The van der Waals surface area contributed by atoms with Crippen LogP contribution < -0.4 is 5.56 Å². The minimum Gasteiger partial charge on any atom is -0.466 e. The van der Waals surface area contributed by atoms with Crippen molar-refractivity contribution in [2.45, 2.75) is 24.5 Å². The Morgan fingerprint density at radius 3 is 3.24 bits per heavy atom. The highest BCUT2D eigenvalue weighted by Gasteiger charge is 2.27. The van der Waals surface area contributed by atoms with Crippen LogP contribution in [0, 0.1) is 0 Å². The van der Waals surface area contributed by atoms with Gasteiger partial charge >= 0.3 is 5.97 Å². The SMILES string of the molecule is CCOC(=O)CC1CSc2nc(Cl)cc(=O)n21. The van der Waals surface area contributed by atoms with Crippen LogP contribution in [0.2, 0.25) is 5.15 Å². The van der Waals surface area contributed by atoms with E-state index in [2.05, 4.69) is 4.98 Å². The lowest BCUT2D eigenvalue weighted by molar-refractivity contribution is -0.143. The summed E-state index contributed by atoms with van der Waals surface area (Å²) in [5.41, 5.74) is -0.223. The van der Waals surface area contributed by atoms with Crippen LogP contribution >= 0.6 is 23.4 Å². The maximum absolute atomic E-state index is 11.8. The molecule has 1 unspecified atom stereocenters. The summed E-state index contributed by atoms with van der Waals surface area (Å²) in [6.07, 6.45) is 0.192. The lowest BCUT2D eigenvalue weighted by atomic mass is 10.2. The highest BCUT2D eigenvalue weighted by molar-refractivity contribution is 7.99. The molecular weight excluding hydrogens is 264 g/mol. The molecule has 1 aromatic heterocycles. The van der Waals surface area contributed by atoms with Crippen LogP contribution in [0.3, 0.4) is 0 Å². The molecule has 5 nitrogen and oxygen atoms in total. The van der Waals surface area contributed by atoms with Crippen LogP contribution in [-0.2, 0) is 9.53 Å². The van der Waals surface area contributed by atoms with Gasteiger partial charge in [-0.15, -0.1) is 0 Å². The summed E-state index contributed by atoms with van der Waals surface area (Å²) >= 11 is 7.13. The van der Waals surface area contributed by atoms with Crippen molar-refractivity contribution in [3.8, 4) is 0 Å². The van der Waals surface area contributed by atoms with Gasteiger partial charge in [0, 0.05) is 11.8 Å². The molecule has 0 fully saturated rings. The van der Waals surface area contributed by atoms with Crippen molar-refractivity contribution in [2.75, 3.05) is 12.4 Å². The van der Waals surface area contributed by atoms with E-state index in [1.807, 2.05) is 0 Å². The smallest absolute Gasteiger partial charge is 0.307 e. The Hall–Kier alpha value is -1.01. The predicted octanol–water partition coefficient (Wildman–Crippen LogP) is 1.50. The van der Waals surface area contributed by atoms with Crippen molar-refractivity contribution in [1.29, 1.82) is 0 Å². The van der Waals surface area contributed by atoms with Crippen LogP contribution in [0.1, 0.15) is 19.4 Å². The van der Waals surface area contributed by atoms with Crippen molar-refractivity contribution in [3.63, 3.8) is 0 Å². The molecule has 1 aliphatic rings. The van der Waals surface area contributed by atoms with Crippen LogP contribution in [0.5, 0.6) is 0 Å². The Balaban J connectivity index is 2.22. The number of halogens is 1. The van der Waals surface area contributed by atoms with Crippen molar-refractivity contribution < 1.29 is 9.53 Å². The topological polar surface area (TPSA) is 61.2 Å². The van der Waals surface area contributed by atoms with Crippen LogP contribution in [-0.4, -0.2) is 27.9 Å². The van der Waals surface area contributed by atoms with E-state index in [9.17, 15) is 9.59 Å².